The molecule has 0 aromatic carbocycles. The van der Waals surface area contributed by atoms with Crippen molar-refractivity contribution >= 4 is 0 Å². The number of rotatable bonds is 3. The fourth-order valence-electron chi connectivity index (χ4n) is 2.01. The summed E-state index contributed by atoms with van der Waals surface area (Å²) in [5, 5.41) is 0. The van der Waals surface area contributed by atoms with Gasteiger partial charge < -0.3 is 9.47 Å². The maximum absolute atomic E-state index is 4.36. The van der Waals surface area contributed by atoms with Gasteiger partial charge in [-0.25, -0.2) is 4.98 Å². The summed E-state index contributed by atoms with van der Waals surface area (Å²) in [6, 6.07) is 0. The largest absolute Gasteiger partial charge is 0.337 e. The average molecular weight is 208 g/mol. The third-order valence-corrected chi connectivity index (χ3v) is 3.20. The predicted octanol–water partition coefficient (Wildman–Crippen LogP) is 0.558. The van der Waals surface area contributed by atoms with Crippen molar-refractivity contribution in [3.05, 3.63) is 18.2 Å². The molecule has 2 heterocycles. The molecule has 0 atom stereocenters. The van der Waals surface area contributed by atoms with Gasteiger partial charge in [-0.2, -0.15) is 0 Å². The van der Waals surface area contributed by atoms with Crippen molar-refractivity contribution in [3.63, 3.8) is 0 Å². The first kappa shape index (κ1) is 10.6. The minimum atomic E-state index is 0.987. The third-order valence-electron chi connectivity index (χ3n) is 3.20. The Morgan fingerprint density at radius 2 is 1.87 bits per heavy atom. The Morgan fingerprint density at radius 1 is 1.20 bits per heavy atom. The molecule has 0 aliphatic carbocycles. The van der Waals surface area contributed by atoms with Crippen molar-refractivity contribution in [3.8, 4) is 0 Å². The maximum atomic E-state index is 4.36. The fraction of sp³-hybridized carbons (Fsp3) is 0.727. The molecular formula is C11H20N4. The molecule has 0 bridgehead atoms. The molecular weight excluding hydrogens is 188 g/mol. The van der Waals surface area contributed by atoms with E-state index in [1.165, 1.54) is 38.5 Å². The van der Waals surface area contributed by atoms with Crippen LogP contribution < -0.4 is 0 Å². The van der Waals surface area contributed by atoms with Gasteiger partial charge in [-0.3, -0.25) is 4.90 Å². The third kappa shape index (κ3) is 2.58. The second kappa shape index (κ2) is 4.77. The van der Waals surface area contributed by atoms with Crippen molar-refractivity contribution < 1.29 is 0 Å². The summed E-state index contributed by atoms with van der Waals surface area (Å²) in [4.78, 5) is 9.33. The number of aromatic nitrogens is 2. The van der Waals surface area contributed by atoms with Crippen LogP contribution in [-0.2, 0) is 13.6 Å². The summed E-state index contributed by atoms with van der Waals surface area (Å²) in [6.45, 7) is 9.12. The van der Waals surface area contributed by atoms with Crippen LogP contribution in [0.4, 0.5) is 0 Å². The Morgan fingerprint density at radius 3 is 2.40 bits per heavy atom. The van der Waals surface area contributed by atoms with Crippen LogP contribution in [0.25, 0.3) is 0 Å². The van der Waals surface area contributed by atoms with E-state index in [0.717, 1.165) is 6.54 Å². The molecule has 0 saturated carbocycles. The van der Waals surface area contributed by atoms with E-state index in [9.17, 15) is 0 Å². The summed E-state index contributed by atoms with van der Waals surface area (Å²) >= 11 is 0. The zero-order valence-corrected chi connectivity index (χ0v) is 9.69. The number of imidazole rings is 1. The van der Waals surface area contributed by atoms with E-state index in [1.807, 2.05) is 12.4 Å². The Balaban J connectivity index is 1.85. The lowest BCUT2D eigenvalue weighted by atomic mass is 10.3. The highest BCUT2D eigenvalue weighted by Gasteiger charge is 2.16. The number of piperazine rings is 1. The van der Waals surface area contributed by atoms with Gasteiger partial charge in [0.1, 0.15) is 5.82 Å². The zero-order valence-electron chi connectivity index (χ0n) is 9.69. The van der Waals surface area contributed by atoms with Gasteiger partial charge in [0.2, 0.25) is 0 Å². The SMILES string of the molecule is CCN1CCN(Cc2nccn2C)CC1. The lowest BCUT2D eigenvalue weighted by Crippen LogP contribution is -2.45. The van der Waals surface area contributed by atoms with Gasteiger partial charge in [0, 0.05) is 45.6 Å². The standard InChI is InChI=1S/C11H20N4/c1-3-14-6-8-15(9-7-14)10-11-12-4-5-13(11)2/h4-5H,3,6-10H2,1-2H3. The van der Waals surface area contributed by atoms with Gasteiger partial charge in [0.05, 0.1) is 6.54 Å². The van der Waals surface area contributed by atoms with Gasteiger partial charge in [-0.15, -0.1) is 0 Å². The first-order valence-electron chi connectivity index (χ1n) is 5.70. The molecule has 1 aliphatic heterocycles. The number of aryl methyl sites for hydroxylation is 1. The molecule has 2 rings (SSSR count). The normalized spacial score (nSPS) is 19.6. The average Bonchev–Trinajstić information content (AvgIpc) is 2.66. The first-order valence-corrected chi connectivity index (χ1v) is 5.70. The quantitative estimate of drug-likeness (QED) is 0.725. The monoisotopic (exact) mass is 208 g/mol. The van der Waals surface area contributed by atoms with Gasteiger partial charge in [-0.1, -0.05) is 6.92 Å². The molecule has 1 saturated heterocycles. The molecule has 1 fully saturated rings. The van der Waals surface area contributed by atoms with E-state index in [2.05, 4.69) is 33.3 Å². The van der Waals surface area contributed by atoms with Gasteiger partial charge >= 0.3 is 0 Å². The van der Waals surface area contributed by atoms with Crippen molar-refractivity contribution in [2.45, 2.75) is 13.5 Å². The molecule has 0 amide bonds. The molecule has 4 heteroatoms. The van der Waals surface area contributed by atoms with E-state index < -0.39 is 0 Å². The highest BCUT2D eigenvalue weighted by molar-refractivity contribution is 4.91. The van der Waals surface area contributed by atoms with Gasteiger partial charge in [0.15, 0.2) is 0 Å². The van der Waals surface area contributed by atoms with E-state index in [0.29, 0.717) is 0 Å². The lowest BCUT2D eigenvalue weighted by molar-refractivity contribution is 0.129. The molecule has 1 aromatic rings. The van der Waals surface area contributed by atoms with E-state index >= 15 is 0 Å². The van der Waals surface area contributed by atoms with Gasteiger partial charge in [0.25, 0.3) is 0 Å². The Labute approximate surface area is 91.5 Å². The molecule has 1 aromatic heterocycles. The van der Waals surface area contributed by atoms with Crippen LogP contribution >= 0.6 is 0 Å². The van der Waals surface area contributed by atoms with Crippen LogP contribution in [0.2, 0.25) is 0 Å². The van der Waals surface area contributed by atoms with Crippen molar-refractivity contribution in [1.29, 1.82) is 0 Å². The van der Waals surface area contributed by atoms with Crippen molar-refractivity contribution in [2.24, 2.45) is 7.05 Å². The minimum absolute atomic E-state index is 0.987. The summed E-state index contributed by atoms with van der Waals surface area (Å²) in [6.07, 6.45) is 3.88. The molecule has 0 spiro atoms. The van der Waals surface area contributed by atoms with Gasteiger partial charge in [-0.05, 0) is 6.54 Å². The molecule has 0 unspecified atom stereocenters. The van der Waals surface area contributed by atoms with Crippen LogP contribution in [0.1, 0.15) is 12.7 Å². The first-order chi connectivity index (χ1) is 7.29. The van der Waals surface area contributed by atoms with Crippen molar-refractivity contribution in [2.75, 3.05) is 32.7 Å². The summed E-state index contributed by atoms with van der Waals surface area (Å²) in [5.41, 5.74) is 0. The van der Waals surface area contributed by atoms with Crippen LogP contribution in [0, 0.1) is 0 Å². The van der Waals surface area contributed by atoms with Crippen LogP contribution in [0.5, 0.6) is 0 Å². The number of hydrogen-bond donors (Lipinski definition) is 0. The molecule has 15 heavy (non-hydrogen) atoms. The number of likely N-dealkylation sites (N-methyl/N-ethyl adjacent to an activating group) is 1. The van der Waals surface area contributed by atoms with Crippen molar-refractivity contribution in [1.82, 2.24) is 19.4 Å². The van der Waals surface area contributed by atoms with Crippen LogP contribution in [-0.4, -0.2) is 52.1 Å². The maximum Gasteiger partial charge on any atom is 0.122 e. The molecule has 4 nitrogen and oxygen atoms in total. The lowest BCUT2D eigenvalue weighted by Gasteiger charge is -2.33. The minimum Gasteiger partial charge on any atom is -0.337 e. The fourth-order valence-corrected chi connectivity index (χ4v) is 2.01. The number of hydrogen-bond acceptors (Lipinski definition) is 3. The Kier molecular flexibility index (Phi) is 3.38. The molecule has 0 radical (unpaired) electrons. The van der Waals surface area contributed by atoms with Crippen LogP contribution in [0.15, 0.2) is 12.4 Å². The highest BCUT2D eigenvalue weighted by atomic mass is 15.3. The Bertz CT molecular complexity index is 299. The second-order valence-corrected chi connectivity index (χ2v) is 4.16. The highest BCUT2D eigenvalue weighted by Crippen LogP contribution is 2.06. The molecule has 1 aliphatic rings. The van der Waals surface area contributed by atoms with Crippen LogP contribution in [0.3, 0.4) is 0 Å². The number of nitrogens with zero attached hydrogens (tertiary/aromatic N) is 4. The molecule has 84 valence electrons. The van der Waals surface area contributed by atoms with E-state index in [4.69, 9.17) is 0 Å². The molecule has 0 N–H and O–H groups in total. The summed E-state index contributed by atoms with van der Waals surface area (Å²) in [5.74, 6) is 1.17. The summed E-state index contributed by atoms with van der Waals surface area (Å²) in [7, 11) is 2.06. The zero-order chi connectivity index (χ0) is 10.7. The summed E-state index contributed by atoms with van der Waals surface area (Å²) < 4.78 is 2.10. The predicted molar refractivity (Wildman–Crippen MR) is 60.6 cm³/mol. The van der Waals surface area contributed by atoms with E-state index in [-0.39, 0.29) is 0 Å². The smallest absolute Gasteiger partial charge is 0.122 e. The van der Waals surface area contributed by atoms with E-state index in [1.54, 1.807) is 0 Å². The topological polar surface area (TPSA) is 24.3 Å². The second-order valence-electron chi connectivity index (χ2n) is 4.16. The Hall–Kier alpha value is -0.870.